The van der Waals surface area contributed by atoms with E-state index in [0.717, 1.165) is 5.56 Å². The summed E-state index contributed by atoms with van der Waals surface area (Å²) in [6.45, 7) is 3.07. The largest absolute Gasteiger partial charge is 0.486 e. The number of ether oxygens (including phenoxy) is 2. The second kappa shape index (κ2) is 9.94. The van der Waals surface area contributed by atoms with E-state index in [9.17, 15) is 12.8 Å². The smallest absolute Gasteiger partial charge is 0.312 e. The quantitative estimate of drug-likeness (QED) is 0.241. The van der Waals surface area contributed by atoms with E-state index >= 15 is 0 Å². The molecule has 3 aromatic heterocycles. The van der Waals surface area contributed by atoms with Gasteiger partial charge < -0.3 is 24.2 Å². The number of nitrogens with two attached hydrogens (primary N) is 2. The first-order chi connectivity index (χ1) is 17.7. The van der Waals surface area contributed by atoms with Crippen LogP contribution in [0.5, 0.6) is 11.5 Å². The molecule has 1 aliphatic rings. The van der Waals surface area contributed by atoms with E-state index in [1.165, 1.54) is 0 Å². The lowest BCUT2D eigenvalue weighted by Crippen LogP contribution is -2.16. The molecule has 4 N–H and O–H groups in total. The number of hydrogen-bond acceptors (Lipinski definition) is 10. The van der Waals surface area contributed by atoms with Gasteiger partial charge in [-0.2, -0.15) is 14.4 Å². The highest BCUT2D eigenvalue weighted by molar-refractivity contribution is 7.89. The second-order valence-corrected chi connectivity index (χ2v) is 10.5. The molecule has 0 fully saturated rings. The molecule has 0 aliphatic carbocycles. The topological polar surface area (TPSA) is 174 Å². The van der Waals surface area contributed by atoms with E-state index in [4.69, 9.17) is 24.8 Å². The molecule has 0 amide bonds. The minimum Gasteiger partial charge on any atom is -0.486 e. The summed E-state index contributed by atoms with van der Waals surface area (Å²) in [5.74, 6) is 2.63. The van der Waals surface area contributed by atoms with Gasteiger partial charge in [-0.15, -0.1) is 0 Å². The SMILES string of the molecule is Cc1cnc(-c2cc3c(cc2Cc2nc4c(N)nc(F)nc4n2CCCCCS(N)(=O)=O)OCCO3)o1. The Morgan fingerprint density at radius 2 is 1.84 bits per heavy atom. The number of aryl methyl sites for hydroxylation is 2. The fourth-order valence-electron chi connectivity index (χ4n) is 4.29. The number of nitrogen functional groups attached to an aromatic ring is 1. The van der Waals surface area contributed by atoms with E-state index in [1.54, 1.807) is 17.7 Å². The maximum atomic E-state index is 14.1. The molecule has 4 aromatic rings. The molecular weight excluding hydrogens is 505 g/mol. The number of sulfonamides is 1. The van der Waals surface area contributed by atoms with Gasteiger partial charge in [-0.3, -0.25) is 0 Å². The maximum Gasteiger partial charge on any atom is 0.312 e. The molecule has 37 heavy (non-hydrogen) atoms. The molecule has 0 radical (unpaired) electrons. The highest BCUT2D eigenvalue weighted by atomic mass is 32.2. The van der Waals surface area contributed by atoms with Crippen LogP contribution in [0.2, 0.25) is 0 Å². The molecule has 12 nitrogen and oxygen atoms in total. The third kappa shape index (κ3) is 5.49. The number of hydrogen-bond donors (Lipinski definition) is 2. The van der Waals surface area contributed by atoms with E-state index < -0.39 is 16.1 Å². The third-order valence-corrected chi connectivity index (χ3v) is 6.81. The Hall–Kier alpha value is -3.78. The zero-order valence-electron chi connectivity index (χ0n) is 20.1. The normalized spacial score (nSPS) is 13.4. The molecule has 0 saturated heterocycles. The van der Waals surface area contributed by atoms with Gasteiger partial charge in [-0.1, -0.05) is 6.42 Å². The Kier molecular flexibility index (Phi) is 6.69. The number of imidazole rings is 1. The zero-order chi connectivity index (χ0) is 26.2. The minimum absolute atomic E-state index is 0.0672. The van der Waals surface area contributed by atoms with Crippen molar-refractivity contribution in [1.29, 1.82) is 0 Å². The van der Waals surface area contributed by atoms with Crippen molar-refractivity contribution in [2.75, 3.05) is 24.7 Å². The number of aromatic nitrogens is 5. The van der Waals surface area contributed by atoms with Crippen LogP contribution in [0.15, 0.2) is 22.7 Å². The van der Waals surface area contributed by atoms with E-state index in [0.29, 0.717) is 80.0 Å². The average Bonchev–Trinajstić information content (AvgIpc) is 3.41. The summed E-state index contributed by atoms with van der Waals surface area (Å²) in [4.78, 5) is 16.6. The fourth-order valence-corrected chi connectivity index (χ4v) is 4.89. The number of halogens is 1. The van der Waals surface area contributed by atoms with Gasteiger partial charge >= 0.3 is 6.08 Å². The standard InChI is InChI=1S/C23H26FN7O5S/c1-13-12-27-22(36-13)15-11-17-16(34-6-7-35-17)9-14(15)10-18-28-19-20(25)29-23(24)30-21(19)31(18)5-3-2-4-8-37(26,32)33/h9,11-12H,2-8,10H2,1H3,(H2,25,29,30)(H2,26,32,33). The Labute approximate surface area is 211 Å². The highest BCUT2D eigenvalue weighted by Gasteiger charge is 2.23. The summed E-state index contributed by atoms with van der Waals surface area (Å²) in [6.07, 6.45) is 2.55. The molecule has 0 spiro atoms. The lowest BCUT2D eigenvalue weighted by Gasteiger charge is -2.20. The summed E-state index contributed by atoms with van der Waals surface area (Å²) in [7, 11) is -3.53. The van der Waals surface area contributed by atoms with Gasteiger partial charge in [0, 0.05) is 18.5 Å². The molecule has 0 bridgehead atoms. The van der Waals surface area contributed by atoms with Crippen molar-refractivity contribution in [2.45, 2.75) is 39.2 Å². The Morgan fingerprint density at radius 1 is 1.08 bits per heavy atom. The molecule has 1 aliphatic heterocycles. The van der Waals surface area contributed by atoms with Crippen LogP contribution in [0.3, 0.4) is 0 Å². The van der Waals surface area contributed by atoms with Crippen LogP contribution >= 0.6 is 0 Å². The third-order valence-electron chi connectivity index (χ3n) is 5.95. The van der Waals surface area contributed by atoms with E-state index in [2.05, 4.69) is 19.9 Å². The highest BCUT2D eigenvalue weighted by Crippen LogP contribution is 2.38. The number of nitrogens with zero attached hydrogens (tertiary/aromatic N) is 5. The summed E-state index contributed by atoms with van der Waals surface area (Å²) >= 11 is 0. The average molecular weight is 532 g/mol. The van der Waals surface area contributed by atoms with Crippen molar-refractivity contribution in [1.82, 2.24) is 24.5 Å². The molecule has 1 aromatic carbocycles. The van der Waals surface area contributed by atoms with Crippen LogP contribution in [0.25, 0.3) is 22.6 Å². The van der Waals surface area contributed by atoms with Gasteiger partial charge in [0.15, 0.2) is 28.5 Å². The molecule has 0 unspecified atom stereocenters. The number of oxazole rings is 1. The molecule has 0 atom stereocenters. The van der Waals surface area contributed by atoms with Crippen LogP contribution in [0.1, 0.15) is 36.4 Å². The second-order valence-electron chi connectivity index (χ2n) is 8.76. The molecule has 0 saturated carbocycles. The Balaban J connectivity index is 1.53. The number of fused-ring (bicyclic) bond motifs is 2. The zero-order valence-corrected chi connectivity index (χ0v) is 20.9. The molecular formula is C23H26FN7O5S. The lowest BCUT2D eigenvalue weighted by molar-refractivity contribution is 0.171. The number of primary sulfonamides is 1. The van der Waals surface area contributed by atoms with Crippen molar-refractivity contribution in [3.63, 3.8) is 0 Å². The van der Waals surface area contributed by atoms with Gasteiger partial charge in [0.2, 0.25) is 15.9 Å². The molecule has 14 heteroatoms. The maximum absolute atomic E-state index is 14.1. The Bertz CT molecular complexity index is 1570. The number of rotatable bonds is 9. The van der Waals surface area contributed by atoms with Gasteiger partial charge in [0.1, 0.15) is 24.8 Å². The predicted molar refractivity (Wildman–Crippen MR) is 132 cm³/mol. The van der Waals surface area contributed by atoms with Crippen molar-refractivity contribution in [3.8, 4) is 23.0 Å². The number of benzene rings is 1. The Morgan fingerprint density at radius 3 is 2.54 bits per heavy atom. The lowest BCUT2D eigenvalue weighted by atomic mass is 10.0. The van der Waals surface area contributed by atoms with Crippen molar-refractivity contribution >= 4 is 27.0 Å². The molecule has 196 valence electrons. The van der Waals surface area contributed by atoms with Gasteiger partial charge in [0.25, 0.3) is 0 Å². The van der Waals surface area contributed by atoms with E-state index in [1.807, 2.05) is 12.1 Å². The molecule has 4 heterocycles. The summed E-state index contributed by atoms with van der Waals surface area (Å²) < 4.78 is 55.7. The summed E-state index contributed by atoms with van der Waals surface area (Å²) in [5, 5.41) is 5.09. The first-order valence-corrected chi connectivity index (χ1v) is 13.4. The van der Waals surface area contributed by atoms with Crippen LogP contribution < -0.4 is 20.3 Å². The number of anilines is 1. The van der Waals surface area contributed by atoms with E-state index in [-0.39, 0.29) is 22.7 Å². The van der Waals surface area contributed by atoms with Crippen LogP contribution in [0, 0.1) is 13.0 Å². The van der Waals surface area contributed by atoms with Crippen LogP contribution in [-0.4, -0.2) is 51.9 Å². The minimum atomic E-state index is -3.53. The van der Waals surface area contributed by atoms with Crippen LogP contribution in [0.4, 0.5) is 10.2 Å². The van der Waals surface area contributed by atoms with Gasteiger partial charge in [-0.25, -0.2) is 23.5 Å². The van der Waals surface area contributed by atoms with Crippen molar-refractivity contribution in [2.24, 2.45) is 5.14 Å². The first-order valence-electron chi connectivity index (χ1n) is 11.7. The van der Waals surface area contributed by atoms with Gasteiger partial charge in [-0.05, 0) is 37.5 Å². The van der Waals surface area contributed by atoms with Crippen molar-refractivity contribution < 1.29 is 26.7 Å². The van der Waals surface area contributed by atoms with Gasteiger partial charge in [0.05, 0.1) is 11.9 Å². The monoisotopic (exact) mass is 531 g/mol. The fraction of sp³-hybridized carbons (Fsp3) is 0.391. The van der Waals surface area contributed by atoms with Crippen LogP contribution in [-0.2, 0) is 23.0 Å². The van der Waals surface area contributed by atoms with Crippen molar-refractivity contribution in [3.05, 3.63) is 41.6 Å². The predicted octanol–water partition coefficient (Wildman–Crippen LogP) is 2.33. The summed E-state index contributed by atoms with van der Waals surface area (Å²) in [5.41, 5.74) is 8.01. The first kappa shape index (κ1) is 24.9. The molecule has 5 rings (SSSR count). The number of unbranched alkanes of at least 4 members (excludes halogenated alkanes) is 2. The summed E-state index contributed by atoms with van der Waals surface area (Å²) in [6, 6.07) is 3.68.